The van der Waals surface area contributed by atoms with Gasteiger partial charge in [-0.3, -0.25) is 0 Å². The number of furan rings is 1. The maximum absolute atomic E-state index is 11.9. The van der Waals surface area contributed by atoms with Gasteiger partial charge < -0.3 is 4.42 Å². The molecule has 1 N–H and O–H groups in total. The molecule has 0 atom stereocenters. The van der Waals surface area contributed by atoms with Crippen LogP contribution in [0.15, 0.2) is 40.8 Å². The third-order valence-electron chi connectivity index (χ3n) is 2.83. The lowest BCUT2D eigenvalue weighted by atomic mass is 10.2. The maximum atomic E-state index is 11.9. The van der Waals surface area contributed by atoms with Gasteiger partial charge in [-0.05, 0) is 25.5 Å². The van der Waals surface area contributed by atoms with E-state index in [2.05, 4.69) is 4.72 Å². The van der Waals surface area contributed by atoms with Gasteiger partial charge in [0.2, 0.25) is 10.0 Å². The fourth-order valence-corrected chi connectivity index (χ4v) is 3.00. The molecule has 0 fully saturated rings. The predicted molar refractivity (Wildman–Crippen MR) is 74.1 cm³/mol. The van der Waals surface area contributed by atoms with Gasteiger partial charge in [0, 0.05) is 12.1 Å². The molecule has 1 heterocycles. The first-order chi connectivity index (χ1) is 8.96. The van der Waals surface area contributed by atoms with Gasteiger partial charge in [-0.1, -0.05) is 30.3 Å². The Hall–Kier alpha value is -1.59. The van der Waals surface area contributed by atoms with E-state index in [0.29, 0.717) is 0 Å². The molecule has 102 valence electrons. The quantitative estimate of drug-likeness (QED) is 0.915. The highest BCUT2D eigenvalue weighted by molar-refractivity contribution is 7.88. The van der Waals surface area contributed by atoms with Crippen LogP contribution in [0.3, 0.4) is 0 Å². The lowest BCUT2D eigenvalue weighted by molar-refractivity contribution is 0.500. The number of benzene rings is 1. The Labute approximate surface area is 113 Å². The third kappa shape index (κ3) is 3.94. The number of rotatable bonds is 5. The molecular weight excluding hydrogens is 262 g/mol. The molecule has 2 aromatic rings. The molecule has 0 saturated heterocycles. The first-order valence-electron chi connectivity index (χ1n) is 6.03. The van der Waals surface area contributed by atoms with Crippen LogP contribution in [-0.4, -0.2) is 8.42 Å². The molecule has 0 aliphatic rings. The molecule has 0 unspecified atom stereocenters. The minimum Gasteiger partial charge on any atom is -0.466 e. The van der Waals surface area contributed by atoms with E-state index in [0.717, 1.165) is 22.6 Å². The Kier molecular flexibility index (Phi) is 4.07. The molecule has 0 amide bonds. The number of aryl methyl sites for hydroxylation is 2. The molecule has 0 spiro atoms. The van der Waals surface area contributed by atoms with E-state index in [1.165, 1.54) is 0 Å². The second-order valence-electron chi connectivity index (χ2n) is 4.50. The van der Waals surface area contributed by atoms with E-state index in [4.69, 9.17) is 4.42 Å². The zero-order valence-corrected chi connectivity index (χ0v) is 11.8. The van der Waals surface area contributed by atoms with Gasteiger partial charge in [0.15, 0.2) is 0 Å². The highest BCUT2D eigenvalue weighted by Crippen LogP contribution is 2.14. The zero-order chi connectivity index (χ0) is 13.9. The number of nitrogens with one attached hydrogen (secondary N) is 1. The van der Waals surface area contributed by atoms with Crippen LogP contribution in [0.5, 0.6) is 0 Å². The van der Waals surface area contributed by atoms with Crippen molar-refractivity contribution in [2.75, 3.05) is 0 Å². The SMILES string of the molecule is Cc1cc(CNS(=O)(=O)Cc2ccccc2)c(C)o1. The number of hydrogen-bond donors (Lipinski definition) is 1. The summed E-state index contributed by atoms with van der Waals surface area (Å²) in [5, 5.41) is 0. The molecule has 0 aliphatic carbocycles. The molecule has 19 heavy (non-hydrogen) atoms. The first kappa shape index (κ1) is 13.8. The standard InChI is InChI=1S/C14H17NO3S/c1-11-8-14(12(2)18-11)9-15-19(16,17)10-13-6-4-3-5-7-13/h3-8,15H,9-10H2,1-2H3. The average Bonchev–Trinajstić information content (AvgIpc) is 2.66. The molecule has 4 nitrogen and oxygen atoms in total. The van der Waals surface area contributed by atoms with Crippen LogP contribution < -0.4 is 4.72 Å². The molecule has 5 heteroatoms. The summed E-state index contributed by atoms with van der Waals surface area (Å²) in [4.78, 5) is 0. The number of hydrogen-bond acceptors (Lipinski definition) is 3. The molecule has 0 bridgehead atoms. The van der Waals surface area contributed by atoms with Gasteiger partial charge in [-0.15, -0.1) is 0 Å². The van der Waals surface area contributed by atoms with Crippen molar-refractivity contribution in [2.24, 2.45) is 0 Å². The van der Waals surface area contributed by atoms with Gasteiger partial charge in [0.1, 0.15) is 11.5 Å². The molecular formula is C14H17NO3S. The fraction of sp³-hybridized carbons (Fsp3) is 0.286. The Bertz CT molecular complexity index is 645. The summed E-state index contributed by atoms with van der Waals surface area (Å²) in [6, 6.07) is 11.0. The molecule has 1 aromatic heterocycles. The highest BCUT2D eigenvalue weighted by atomic mass is 32.2. The van der Waals surface area contributed by atoms with Crippen molar-refractivity contribution in [3.63, 3.8) is 0 Å². The summed E-state index contributed by atoms with van der Waals surface area (Å²) >= 11 is 0. The summed E-state index contributed by atoms with van der Waals surface area (Å²) in [7, 11) is -3.33. The Morgan fingerprint density at radius 3 is 2.42 bits per heavy atom. The summed E-state index contributed by atoms with van der Waals surface area (Å²) in [5.74, 6) is 1.53. The van der Waals surface area contributed by atoms with Crippen LogP contribution in [-0.2, 0) is 22.3 Å². The van der Waals surface area contributed by atoms with Crippen molar-refractivity contribution in [2.45, 2.75) is 26.1 Å². The molecule has 2 rings (SSSR count). The van der Waals surface area contributed by atoms with Crippen LogP contribution in [0.25, 0.3) is 0 Å². The average molecular weight is 279 g/mol. The first-order valence-corrected chi connectivity index (χ1v) is 7.69. The summed E-state index contributed by atoms with van der Waals surface area (Å²) in [6.45, 7) is 3.93. The maximum Gasteiger partial charge on any atom is 0.216 e. The van der Waals surface area contributed by atoms with E-state index < -0.39 is 10.0 Å². The zero-order valence-electron chi connectivity index (χ0n) is 11.0. The molecule has 0 radical (unpaired) electrons. The Balaban J connectivity index is 2.00. The molecule has 0 saturated carbocycles. The van der Waals surface area contributed by atoms with E-state index in [9.17, 15) is 8.42 Å². The molecule has 1 aromatic carbocycles. The predicted octanol–water partition coefficient (Wildman–Crippen LogP) is 2.52. The third-order valence-corrected chi connectivity index (χ3v) is 4.12. The van der Waals surface area contributed by atoms with E-state index in [1.54, 1.807) is 12.1 Å². The van der Waals surface area contributed by atoms with Crippen LogP contribution in [0.4, 0.5) is 0 Å². The van der Waals surface area contributed by atoms with Gasteiger partial charge in [-0.25, -0.2) is 13.1 Å². The summed E-state index contributed by atoms with van der Waals surface area (Å²) in [6.07, 6.45) is 0. The Morgan fingerprint density at radius 2 is 1.84 bits per heavy atom. The van der Waals surface area contributed by atoms with Crippen molar-refractivity contribution in [3.8, 4) is 0 Å². The van der Waals surface area contributed by atoms with E-state index in [1.807, 2.05) is 38.1 Å². The second-order valence-corrected chi connectivity index (χ2v) is 6.31. The van der Waals surface area contributed by atoms with Crippen LogP contribution in [0.1, 0.15) is 22.6 Å². The van der Waals surface area contributed by atoms with Crippen molar-refractivity contribution < 1.29 is 12.8 Å². The van der Waals surface area contributed by atoms with Crippen LogP contribution in [0.2, 0.25) is 0 Å². The van der Waals surface area contributed by atoms with Crippen molar-refractivity contribution in [1.82, 2.24) is 4.72 Å². The number of sulfonamides is 1. The van der Waals surface area contributed by atoms with Gasteiger partial charge in [0.25, 0.3) is 0 Å². The van der Waals surface area contributed by atoms with Gasteiger partial charge in [-0.2, -0.15) is 0 Å². The minimum absolute atomic E-state index is 0.0102. The lowest BCUT2D eigenvalue weighted by Crippen LogP contribution is -2.24. The minimum atomic E-state index is -3.33. The largest absolute Gasteiger partial charge is 0.466 e. The highest BCUT2D eigenvalue weighted by Gasteiger charge is 2.13. The summed E-state index contributed by atoms with van der Waals surface area (Å²) in [5.41, 5.74) is 1.64. The molecule has 0 aliphatic heterocycles. The normalized spacial score (nSPS) is 11.7. The smallest absolute Gasteiger partial charge is 0.216 e. The topological polar surface area (TPSA) is 59.3 Å². The van der Waals surface area contributed by atoms with Gasteiger partial charge in [0.05, 0.1) is 5.75 Å². The van der Waals surface area contributed by atoms with E-state index in [-0.39, 0.29) is 12.3 Å². The van der Waals surface area contributed by atoms with Crippen LogP contribution >= 0.6 is 0 Å². The Morgan fingerprint density at radius 1 is 1.16 bits per heavy atom. The lowest BCUT2D eigenvalue weighted by Gasteiger charge is -2.06. The fourth-order valence-electron chi connectivity index (χ4n) is 1.89. The van der Waals surface area contributed by atoms with Gasteiger partial charge >= 0.3 is 0 Å². The van der Waals surface area contributed by atoms with Crippen molar-refractivity contribution in [1.29, 1.82) is 0 Å². The van der Waals surface area contributed by atoms with E-state index >= 15 is 0 Å². The second kappa shape index (κ2) is 5.59. The van der Waals surface area contributed by atoms with Crippen molar-refractivity contribution >= 4 is 10.0 Å². The van der Waals surface area contributed by atoms with Crippen molar-refractivity contribution in [3.05, 3.63) is 59.0 Å². The monoisotopic (exact) mass is 279 g/mol. The van der Waals surface area contributed by atoms with Crippen LogP contribution in [0, 0.1) is 13.8 Å². The summed E-state index contributed by atoms with van der Waals surface area (Å²) < 4.78 is 31.9.